The molecule has 0 aliphatic carbocycles. The first kappa shape index (κ1) is 16.7. The van der Waals surface area contributed by atoms with E-state index in [1.165, 1.54) is 11.1 Å². The SMILES string of the molecule is CCc1cc([C@H]2CCCN(C(=O)OC(C)(C)C)C2)ccc1N. The fraction of sp³-hybridized carbons (Fsp3) is 0.611. The number of hydrogen-bond acceptors (Lipinski definition) is 3. The van der Waals surface area contributed by atoms with Crippen LogP contribution in [0.4, 0.5) is 10.5 Å². The van der Waals surface area contributed by atoms with Gasteiger partial charge in [0.15, 0.2) is 0 Å². The second-order valence-corrected chi connectivity index (χ2v) is 7.08. The smallest absolute Gasteiger partial charge is 0.410 e. The second kappa shape index (κ2) is 6.59. The van der Waals surface area contributed by atoms with Crippen LogP contribution < -0.4 is 5.73 Å². The molecule has 22 heavy (non-hydrogen) atoms. The summed E-state index contributed by atoms with van der Waals surface area (Å²) in [5.74, 6) is 0.368. The Hall–Kier alpha value is -1.71. The maximum Gasteiger partial charge on any atom is 0.410 e. The average Bonchev–Trinajstić information content (AvgIpc) is 2.46. The van der Waals surface area contributed by atoms with Gasteiger partial charge in [-0.25, -0.2) is 4.79 Å². The third kappa shape index (κ3) is 4.15. The fourth-order valence-electron chi connectivity index (χ4n) is 2.93. The Labute approximate surface area is 133 Å². The molecule has 1 heterocycles. The predicted molar refractivity (Wildman–Crippen MR) is 90.0 cm³/mol. The molecule has 1 amide bonds. The van der Waals surface area contributed by atoms with Crippen LogP contribution in [0, 0.1) is 0 Å². The number of hydrogen-bond donors (Lipinski definition) is 1. The minimum absolute atomic E-state index is 0.205. The highest BCUT2D eigenvalue weighted by Gasteiger charge is 2.28. The molecule has 4 heteroatoms. The Morgan fingerprint density at radius 2 is 2.14 bits per heavy atom. The van der Waals surface area contributed by atoms with E-state index in [1.807, 2.05) is 31.7 Å². The number of nitrogens with two attached hydrogens (primary N) is 1. The van der Waals surface area contributed by atoms with Crippen LogP contribution in [0.25, 0.3) is 0 Å². The van der Waals surface area contributed by atoms with Crippen LogP contribution in [0.1, 0.15) is 57.6 Å². The fourth-order valence-corrected chi connectivity index (χ4v) is 2.93. The van der Waals surface area contributed by atoms with Gasteiger partial charge >= 0.3 is 6.09 Å². The van der Waals surface area contributed by atoms with Gasteiger partial charge in [0.2, 0.25) is 0 Å². The van der Waals surface area contributed by atoms with E-state index in [-0.39, 0.29) is 6.09 Å². The summed E-state index contributed by atoms with van der Waals surface area (Å²) < 4.78 is 5.49. The number of amides is 1. The van der Waals surface area contributed by atoms with E-state index >= 15 is 0 Å². The lowest BCUT2D eigenvalue weighted by molar-refractivity contribution is 0.0198. The van der Waals surface area contributed by atoms with E-state index in [1.54, 1.807) is 0 Å². The largest absolute Gasteiger partial charge is 0.444 e. The molecule has 0 unspecified atom stereocenters. The maximum absolute atomic E-state index is 12.3. The van der Waals surface area contributed by atoms with Gasteiger partial charge in [-0.05, 0) is 57.2 Å². The quantitative estimate of drug-likeness (QED) is 0.842. The predicted octanol–water partition coefficient (Wildman–Crippen LogP) is 3.95. The molecule has 2 N–H and O–H groups in total. The third-order valence-electron chi connectivity index (χ3n) is 4.09. The summed E-state index contributed by atoms with van der Waals surface area (Å²) in [6, 6.07) is 6.27. The highest BCUT2D eigenvalue weighted by Crippen LogP contribution is 2.29. The van der Waals surface area contributed by atoms with Crippen molar-refractivity contribution in [1.29, 1.82) is 0 Å². The molecule has 1 aliphatic heterocycles. The summed E-state index contributed by atoms with van der Waals surface area (Å²) in [7, 11) is 0. The Balaban J connectivity index is 2.09. The van der Waals surface area contributed by atoms with E-state index in [9.17, 15) is 4.79 Å². The van der Waals surface area contributed by atoms with Crippen LogP contribution in [0.2, 0.25) is 0 Å². The number of aryl methyl sites for hydroxylation is 1. The van der Waals surface area contributed by atoms with Crippen molar-refractivity contribution in [3.63, 3.8) is 0 Å². The number of carbonyl (C=O) groups is 1. The number of carbonyl (C=O) groups excluding carboxylic acids is 1. The molecule has 1 atom stereocenters. The van der Waals surface area contributed by atoms with Gasteiger partial charge in [-0.3, -0.25) is 0 Å². The maximum atomic E-state index is 12.3. The average molecular weight is 304 g/mol. The molecule has 0 spiro atoms. The number of benzene rings is 1. The summed E-state index contributed by atoms with van der Waals surface area (Å²) in [5, 5.41) is 0. The first-order valence-electron chi connectivity index (χ1n) is 8.16. The number of nitrogen functional groups attached to an aromatic ring is 1. The lowest BCUT2D eigenvalue weighted by atomic mass is 9.89. The standard InChI is InChI=1S/C18H28N2O2/c1-5-13-11-14(8-9-16(13)19)15-7-6-10-20(12-15)17(21)22-18(2,3)4/h8-9,11,15H,5-7,10,12,19H2,1-4H3/t15-/m0/s1. The lowest BCUT2D eigenvalue weighted by Crippen LogP contribution is -2.42. The second-order valence-electron chi connectivity index (χ2n) is 7.08. The number of nitrogens with zero attached hydrogens (tertiary/aromatic N) is 1. The molecule has 0 radical (unpaired) electrons. The van der Waals surface area contributed by atoms with Crippen molar-refractivity contribution in [2.24, 2.45) is 0 Å². The monoisotopic (exact) mass is 304 g/mol. The van der Waals surface area contributed by atoms with Crippen molar-refractivity contribution in [2.45, 2.75) is 58.5 Å². The Morgan fingerprint density at radius 3 is 2.77 bits per heavy atom. The summed E-state index contributed by atoms with van der Waals surface area (Å²) in [5.41, 5.74) is 8.86. The minimum Gasteiger partial charge on any atom is -0.444 e. The molecule has 1 fully saturated rings. The van der Waals surface area contributed by atoms with E-state index in [4.69, 9.17) is 10.5 Å². The van der Waals surface area contributed by atoms with Gasteiger partial charge in [0.05, 0.1) is 0 Å². The van der Waals surface area contributed by atoms with Gasteiger partial charge in [-0.15, -0.1) is 0 Å². The third-order valence-corrected chi connectivity index (χ3v) is 4.09. The number of ether oxygens (including phenoxy) is 1. The lowest BCUT2D eigenvalue weighted by Gasteiger charge is -2.34. The number of piperidine rings is 1. The van der Waals surface area contributed by atoms with Gasteiger partial charge in [-0.1, -0.05) is 19.1 Å². The summed E-state index contributed by atoms with van der Waals surface area (Å²) in [6.45, 7) is 9.33. The van der Waals surface area contributed by atoms with E-state index in [2.05, 4.69) is 19.1 Å². The van der Waals surface area contributed by atoms with Crippen molar-refractivity contribution < 1.29 is 9.53 Å². The van der Waals surface area contributed by atoms with E-state index in [0.29, 0.717) is 5.92 Å². The Kier molecular flexibility index (Phi) is 4.99. The zero-order valence-electron chi connectivity index (χ0n) is 14.2. The van der Waals surface area contributed by atoms with Crippen LogP contribution in [0.5, 0.6) is 0 Å². The summed E-state index contributed by atoms with van der Waals surface area (Å²) in [6.07, 6.45) is 2.84. The van der Waals surface area contributed by atoms with Gasteiger partial charge in [0.25, 0.3) is 0 Å². The van der Waals surface area contributed by atoms with E-state index < -0.39 is 5.60 Å². The molecule has 122 valence electrons. The Morgan fingerprint density at radius 1 is 1.41 bits per heavy atom. The molecular formula is C18H28N2O2. The molecular weight excluding hydrogens is 276 g/mol. The van der Waals surface area contributed by atoms with Gasteiger partial charge < -0.3 is 15.4 Å². The van der Waals surface area contributed by atoms with Gasteiger partial charge in [0.1, 0.15) is 5.60 Å². The molecule has 1 aromatic rings. The van der Waals surface area contributed by atoms with Crippen molar-refractivity contribution in [3.8, 4) is 0 Å². The van der Waals surface area contributed by atoms with Crippen molar-refractivity contribution in [2.75, 3.05) is 18.8 Å². The summed E-state index contributed by atoms with van der Waals surface area (Å²) in [4.78, 5) is 14.1. The number of likely N-dealkylation sites (tertiary alicyclic amines) is 1. The van der Waals surface area contributed by atoms with Crippen LogP contribution in [-0.2, 0) is 11.2 Å². The first-order valence-corrected chi connectivity index (χ1v) is 8.16. The number of anilines is 1. The van der Waals surface area contributed by atoms with Crippen molar-refractivity contribution >= 4 is 11.8 Å². The highest BCUT2D eigenvalue weighted by molar-refractivity contribution is 5.68. The molecule has 1 aromatic carbocycles. The van der Waals surface area contributed by atoms with Crippen LogP contribution >= 0.6 is 0 Å². The molecule has 4 nitrogen and oxygen atoms in total. The zero-order chi connectivity index (χ0) is 16.3. The molecule has 0 bridgehead atoms. The normalized spacial score (nSPS) is 19.1. The molecule has 0 saturated carbocycles. The van der Waals surface area contributed by atoms with Crippen LogP contribution in [-0.4, -0.2) is 29.7 Å². The Bertz CT molecular complexity index is 534. The molecule has 2 rings (SSSR count). The van der Waals surface area contributed by atoms with E-state index in [0.717, 1.165) is 38.0 Å². The minimum atomic E-state index is -0.444. The van der Waals surface area contributed by atoms with Crippen molar-refractivity contribution in [1.82, 2.24) is 4.90 Å². The van der Waals surface area contributed by atoms with Crippen LogP contribution in [0.3, 0.4) is 0 Å². The van der Waals surface area contributed by atoms with Crippen molar-refractivity contribution in [3.05, 3.63) is 29.3 Å². The molecule has 1 saturated heterocycles. The van der Waals surface area contributed by atoms with Gasteiger partial charge in [0, 0.05) is 24.7 Å². The number of rotatable bonds is 2. The highest BCUT2D eigenvalue weighted by atomic mass is 16.6. The topological polar surface area (TPSA) is 55.6 Å². The molecule has 1 aliphatic rings. The van der Waals surface area contributed by atoms with Gasteiger partial charge in [-0.2, -0.15) is 0 Å². The zero-order valence-corrected chi connectivity index (χ0v) is 14.2. The van der Waals surface area contributed by atoms with Crippen LogP contribution in [0.15, 0.2) is 18.2 Å². The first-order chi connectivity index (χ1) is 10.3. The summed E-state index contributed by atoms with van der Waals surface area (Å²) >= 11 is 0. The molecule has 0 aromatic heterocycles.